The Morgan fingerprint density at radius 1 is 1.06 bits per heavy atom. The van der Waals surface area contributed by atoms with Gasteiger partial charge in [0.2, 0.25) is 5.91 Å². The molecule has 1 aliphatic rings. The monoisotopic (exact) mass is 426 g/mol. The molecule has 0 radical (unpaired) electrons. The third kappa shape index (κ3) is 6.81. The van der Waals surface area contributed by atoms with Crippen molar-refractivity contribution < 1.29 is 18.7 Å². The van der Waals surface area contributed by atoms with Crippen LogP contribution < -0.4 is 10.1 Å². The average molecular weight is 427 g/mol. The van der Waals surface area contributed by atoms with Crippen LogP contribution >= 0.6 is 0 Å². The van der Waals surface area contributed by atoms with Gasteiger partial charge < -0.3 is 15.0 Å². The van der Waals surface area contributed by atoms with Crippen LogP contribution in [0.2, 0.25) is 0 Å². The van der Waals surface area contributed by atoms with Crippen molar-refractivity contribution in [1.82, 2.24) is 10.2 Å². The topological polar surface area (TPSA) is 58.6 Å². The van der Waals surface area contributed by atoms with Gasteiger partial charge in [-0.2, -0.15) is 0 Å². The van der Waals surface area contributed by atoms with Crippen molar-refractivity contribution in [2.75, 3.05) is 6.61 Å². The van der Waals surface area contributed by atoms with Crippen LogP contribution in [0.15, 0.2) is 48.5 Å². The van der Waals surface area contributed by atoms with Gasteiger partial charge in [0.15, 0.2) is 6.61 Å². The van der Waals surface area contributed by atoms with E-state index >= 15 is 0 Å². The SMILES string of the molecule is Cc1ccc(CN(C(=O)COc2ccc(F)cc2)[C@H](C)C(=O)NC2CCCCC2)cc1. The highest BCUT2D eigenvalue weighted by molar-refractivity contribution is 5.88. The number of amides is 2. The van der Waals surface area contributed by atoms with E-state index in [4.69, 9.17) is 4.74 Å². The first-order valence-electron chi connectivity index (χ1n) is 11.0. The van der Waals surface area contributed by atoms with Crippen LogP contribution in [0.25, 0.3) is 0 Å². The van der Waals surface area contributed by atoms with Crippen LogP contribution in [0.3, 0.4) is 0 Å². The summed E-state index contributed by atoms with van der Waals surface area (Å²) in [6, 6.07) is 13.0. The van der Waals surface area contributed by atoms with E-state index in [2.05, 4.69) is 5.32 Å². The van der Waals surface area contributed by atoms with Crippen molar-refractivity contribution in [3.63, 3.8) is 0 Å². The fourth-order valence-corrected chi connectivity index (χ4v) is 3.80. The minimum absolute atomic E-state index is 0.144. The quantitative estimate of drug-likeness (QED) is 0.682. The lowest BCUT2D eigenvalue weighted by atomic mass is 9.95. The molecule has 1 aliphatic carbocycles. The van der Waals surface area contributed by atoms with E-state index < -0.39 is 6.04 Å². The van der Waals surface area contributed by atoms with E-state index in [1.807, 2.05) is 31.2 Å². The molecule has 0 bridgehead atoms. The molecule has 1 saturated carbocycles. The van der Waals surface area contributed by atoms with E-state index in [1.54, 1.807) is 11.8 Å². The van der Waals surface area contributed by atoms with Crippen molar-refractivity contribution in [3.05, 3.63) is 65.5 Å². The van der Waals surface area contributed by atoms with Crippen LogP contribution in [-0.2, 0) is 16.1 Å². The predicted molar refractivity (Wildman–Crippen MR) is 118 cm³/mol. The number of halogens is 1. The van der Waals surface area contributed by atoms with Crippen LogP contribution in [-0.4, -0.2) is 35.4 Å². The summed E-state index contributed by atoms with van der Waals surface area (Å²) in [6.07, 6.45) is 5.42. The number of ether oxygens (including phenoxy) is 1. The van der Waals surface area contributed by atoms with Crippen LogP contribution in [0.1, 0.15) is 50.2 Å². The molecule has 31 heavy (non-hydrogen) atoms. The van der Waals surface area contributed by atoms with Gasteiger partial charge in [-0.25, -0.2) is 4.39 Å². The Hall–Kier alpha value is -2.89. The zero-order chi connectivity index (χ0) is 22.2. The number of nitrogens with one attached hydrogen (secondary N) is 1. The minimum atomic E-state index is -0.632. The summed E-state index contributed by atoms with van der Waals surface area (Å²) >= 11 is 0. The second kappa shape index (κ2) is 10.9. The van der Waals surface area contributed by atoms with Crippen molar-refractivity contribution in [2.45, 2.75) is 64.6 Å². The molecular formula is C25H31FN2O3. The molecular weight excluding hydrogens is 395 g/mol. The molecule has 0 aromatic heterocycles. The highest BCUT2D eigenvalue weighted by Gasteiger charge is 2.28. The fraction of sp³-hybridized carbons (Fsp3) is 0.440. The van der Waals surface area contributed by atoms with E-state index in [9.17, 15) is 14.0 Å². The largest absolute Gasteiger partial charge is 0.484 e. The van der Waals surface area contributed by atoms with Gasteiger partial charge in [0.25, 0.3) is 5.91 Å². The summed E-state index contributed by atoms with van der Waals surface area (Å²) in [5.74, 6) is -0.401. The number of aryl methyl sites for hydroxylation is 1. The van der Waals surface area contributed by atoms with E-state index in [1.165, 1.54) is 30.7 Å². The van der Waals surface area contributed by atoms with Gasteiger partial charge in [-0.05, 0) is 56.5 Å². The molecule has 0 aliphatic heterocycles. The number of carbonyl (C=O) groups is 2. The second-order valence-corrected chi connectivity index (χ2v) is 8.27. The molecule has 2 aromatic rings. The fourth-order valence-electron chi connectivity index (χ4n) is 3.80. The smallest absolute Gasteiger partial charge is 0.261 e. The lowest BCUT2D eigenvalue weighted by Gasteiger charge is -2.31. The third-order valence-corrected chi connectivity index (χ3v) is 5.77. The molecule has 1 atom stereocenters. The standard InChI is InChI=1S/C25H31FN2O3/c1-18-8-10-20(11-9-18)16-28(19(2)25(30)27-22-6-4-3-5-7-22)24(29)17-31-23-14-12-21(26)13-15-23/h8-15,19,22H,3-7,16-17H2,1-2H3,(H,27,30)/t19-/m1/s1. The Kier molecular flexibility index (Phi) is 8.04. The summed E-state index contributed by atoms with van der Waals surface area (Å²) in [5.41, 5.74) is 2.07. The van der Waals surface area contributed by atoms with E-state index in [-0.39, 0.29) is 30.3 Å². The Labute approximate surface area is 183 Å². The highest BCUT2D eigenvalue weighted by Crippen LogP contribution is 2.19. The van der Waals surface area contributed by atoms with E-state index in [0.717, 1.165) is 36.8 Å². The molecule has 2 amide bonds. The lowest BCUT2D eigenvalue weighted by molar-refractivity contribution is -0.142. The molecule has 0 spiro atoms. The van der Waals surface area contributed by atoms with Crippen molar-refractivity contribution in [2.24, 2.45) is 0 Å². The summed E-state index contributed by atoms with van der Waals surface area (Å²) in [4.78, 5) is 27.5. The molecule has 1 fully saturated rings. The average Bonchev–Trinajstić information content (AvgIpc) is 2.78. The molecule has 0 saturated heterocycles. The summed E-state index contributed by atoms with van der Waals surface area (Å²) < 4.78 is 18.6. The maximum atomic E-state index is 13.1. The molecule has 3 rings (SSSR count). The van der Waals surface area contributed by atoms with Gasteiger partial charge in [-0.1, -0.05) is 49.1 Å². The predicted octanol–water partition coefficient (Wildman–Crippen LogP) is 4.38. The maximum absolute atomic E-state index is 13.1. The third-order valence-electron chi connectivity index (χ3n) is 5.77. The molecule has 2 aromatic carbocycles. The van der Waals surface area contributed by atoms with Crippen LogP contribution in [0, 0.1) is 12.7 Å². The van der Waals surface area contributed by atoms with Crippen molar-refractivity contribution in [3.8, 4) is 5.75 Å². The number of benzene rings is 2. The summed E-state index contributed by atoms with van der Waals surface area (Å²) in [7, 11) is 0. The first-order valence-corrected chi connectivity index (χ1v) is 11.0. The summed E-state index contributed by atoms with van der Waals surface area (Å²) in [6.45, 7) is 3.84. The number of hydrogen-bond acceptors (Lipinski definition) is 3. The van der Waals surface area contributed by atoms with Crippen molar-refractivity contribution >= 4 is 11.8 Å². The first-order chi connectivity index (χ1) is 14.9. The maximum Gasteiger partial charge on any atom is 0.261 e. The highest BCUT2D eigenvalue weighted by atomic mass is 19.1. The molecule has 6 heteroatoms. The Morgan fingerprint density at radius 2 is 1.71 bits per heavy atom. The normalized spacial score (nSPS) is 15.2. The summed E-state index contributed by atoms with van der Waals surface area (Å²) in [5, 5.41) is 3.11. The number of carbonyl (C=O) groups excluding carboxylic acids is 2. The lowest BCUT2D eigenvalue weighted by Crippen LogP contribution is -2.51. The number of hydrogen-bond donors (Lipinski definition) is 1. The van der Waals surface area contributed by atoms with Crippen LogP contribution in [0.4, 0.5) is 4.39 Å². The van der Waals surface area contributed by atoms with Gasteiger partial charge in [-0.3, -0.25) is 9.59 Å². The Bertz CT molecular complexity index is 861. The minimum Gasteiger partial charge on any atom is -0.484 e. The Balaban J connectivity index is 1.69. The molecule has 166 valence electrons. The van der Waals surface area contributed by atoms with Gasteiger partial charge in [0, 0.05) is 12.6 Å². The molecule has 5 nitrogen and oxygen atoms in total. The Morgan fingerprint density at radius 3 is 2.35 bits per heavy atom. The van der Waals surface area contributed by atoms with Gasteiger partial charge in [-0.15, -0.1) is 0 Å². The van der Waals surface area contributed by atoms with Crippen molar-refractivity contribution in [1.29, 1.82) is 0 Å². The molecule has 1 N–H and O–H groups in total. The molecule has 0 unspecified atom stereocenters. The van der Waals surface area contributed by atoms with Gasteiger partial charge in [0.05, 0.1) is 0 Å². The zero-order valence-electron chi connectivity index (χ0n) is 18.3. The molecule has 0 heterocycles. The van der Waals surface area contributed by atoms with E-state index in [0.29, 0.717) is 12.3 Å². The van der Waals surface area contributed by atoms with Gasteiger partial charge >= 0.3 is 0 Å². The van der Waals surface area contributed by atoms with Gasteiger partial charge in [0.1, 0.15) is 17.6 Å². The first kappa shape index (κ1) is 22.8. The second-order valence-electron chi connectivity index (χ2n) is 8.27. The zero-order valence-corrected chi connectivity index (χ0v) is 18.3. The number of nitrogens with zero attached hydrogens (tertiary/aromatic N) is 1. The number of rotatable bonds is 8. The van der Waals surface area contributed by atoms with Crippen LogP contribution in [0.5, 0.6) is 5.75 Å².